The highest BCUT2D eigenvalue weighted by atomic mass is 14.9. The molecule has 2 nitrogen and oxygen atoms in total. The number of nitrogens with one attached hydrogen (secondary N) is 1. The topological polar surface area (TPSA) is 38.0 Å². The van der Waals surface area contributed by atoms with Crippen molar-refractivity contribution in [3.8, 4) is 0 Å². The Kier molecular flexibility index (Phi) is 4.41. The van der Waals surface area contributed by atoms with E-state index in [9.17, 15) is 0 Å². The van der Waals surface area contributed by atoms with E-state index in [4.69, 9.17) is 5.73 Å². The van der Waals surface area contributed by atoms with E-state index in [2.05, 4.69) is 43.4 Å². The van der Waals surface area contributed by atoms with E-state index < -0.39 is 0 Å². The van der Waals surface area contributed by atoms with Gasteiger partial charge in [-0.1, -0.05) is 44.2 Å². The van der Waals surface area contributed by atoms with Crippen molar-refractivity contribution in [2.24, 2.45) is 11.1 Å². The fraction of sp³-hybridized carbons (Fsp3) is 0.625. The van der Waals surface area contributed by atoms with Gasteiger partial charge in [-0.05, 0) is 43.2 Å². The van der Waals surface area contributed by atoms with E-state index >= 15 is 0 Å². The van der Waals surface area contributed by atoms with E-state index in [1.165, 1.54) is 24.8 Å². The predicted molar refractivity (Wildman–Crippen MR) is 77.4 cm³/mol. The molecule has 1 aromatic rings. The number of nitrogens with two attached hydrogens (primary N) is 1. The molecular formula is C16H26N2. The second-order valence-corrected chi connectivity index (χ2v) is 6.36. The summed E-state index contributed by atoms with van der Waals surface area (Å²) in [4.78, 5) is 0. The highest BCUT2D eigenvalue weighted by Crippen LogP contribution is 2.36. The molecule has 0 spiro atoms. The van der Waals surface area contributed by atoms with Gasteiger partial charge in [-0.2, -0.15) is 0 Å². The van der Waals surface area contributed by atoms with Crippen LogP contribution in [0.25, 0.3) is 0 Å². The molecule has 0 heterocycles. The molecule has 18 heavy (non-hydrogen) atoms. The van der Waals surface area contributed by atoms with Gasteiger partial charge in [0.2, 0.25) is 0 Å². The van der Waals surface area contributed by atoms with Crippen molar-refractivity contribution in [2.45, 2.75) is 51.6 Å². The average molecular weight is 246 g/mol. The summed E-state index contributed by atoms with van der Waals surface area (Å²) in [5.74, 6) is 0. The third-order valence-electron chi connectivity index (χ3n) is 4.08. The van der Waals surface area contributed by atoms with Gasteiger partial charge in [0.15, 0.2) is 0 Å². The zero-order chi connectivity index (χ0) is 13.0. The van der Waals surface area contributed by atoms with Gasteiger partial charge < -0.3 is 11.1 Å². The van der Waals surface area contributed by atoms with Crippen LogP contribution in [0.2, 0.25) is 0 Å². The Morgan fingerprint density at radius 2 is 2.06 bits per heavy atom. The second kappa shape index (κ2) is 5.85. The van der Waals surface area contributed by atoms with Crippen LogP contribution in [-0.4, -0.2) is 12.6 Å². The molecule has 0 aromatic heterocycles. The average Bonchev–Trinajstić information content (AvgIpc) is 2.70. The third-order valence-corrected chi connectivity index (χ3v) is 4.08. The van der Waals surface area contributed by atoms with Crippen LogP contribution in [0.1, 0.15) is 51.1 Å². The molecule has 1 fully saturated rings. The van der Waals surface area contributed by atoms with Gasteiger partial charge in [0.05, 0.1) is 0 Å². The molecule has 3 N–H and O–H groups in total. The van der Waals surface area contributed by atoms with Crippen molar-refractivity contribution in [3.05, 3.63) is 35.9 Å². The maximum absolute atomic E-state index is 6.19. The van der Waals surface area contributed by atoms with Crippen LogP contribution in [0, 0.1) is 5.41 Å². The lowest BCUT2D eigenvalue weighted by Gasteiger charge is -2.19. The number of benzene rings is 1. The predicted octanol–water partition coefficient (Wildman–Crippen LogP) is 3.24. The van der Waals surface area contributed by atoms with Crippen LogP contribution < -0.4 is 11.1 Å². The van der Waals surface area contributed by atoms with Crippen LogP contribution in [0.15, 0.2) is 30.3 Å². The second-order valence-electron chi connectivity index (χ2n) is 6.36. The summed E-state index contributed by atoms with van der Waals surface area (Å²) < 4.78 is 0. The van der Waals surface area contributed by atoms with Crippen molar-refractivity contribution in [1.29, 1.82) is 0 Å². The lowest BCUT2D eigenvalue weighted by atomic mass is 9.92. The van der Waals surface area contributed by atoms with Crippen LogP contribution in [0.5, 0.6) is 0 Å². The zero-order valence-corrected chi connectivity index (χ0v) is 11.7. The summed E-state index contributed by atoms with van der Waals surface area (Å²) in [6, 6.07) is 11.2. The first kappa shape index (κ1) is 13.6. The zero-order valence-electron chi connectivity index (χ0n) is 11.7. The molecule has 0 amide bonds. The molecule has 2 unspecified atom stereocenters. The lowest BCUT2D eigenvalue weighted by Crippen LogP contribution is -2.30. The Hall–Kier alpha value is -0.860. The highest BCUT2D eigenvalue weighted by Gasteiger charge is 2.30. The largest absolute Gasteiger partial charge is 0.324 e. The van der Waals surface area contributed by atoms with Gasteiger partial charge in [0.25, 0.3) is 0 Å². The molecular weight excluding hydrogens is 220 g/mol. The van der Waals surface area contributed by atoms with Gasteiger partial charge in [-0.15, -0.1) is 0 Å². The number of hydrogen-bond acceptors (Lipinski definition) is 2. The van der Waals surface area contributed by atoms with E-state index in [0.29, 0.717) is 11.5 Å². The van der Waals surface area contributed by atoms with E-state index in [1.54, 1.807) is 0 Å². The monoisotopic (exact) mass is 246 g/mol. The minimum Gasteiger partial charge on any atom is -0.324 e. The molecule has 0 radical (unpaired) electrons. The standard InChI is InChI=1S/C16H26N2/c1-16(2)10-8-14(12-16)18-11-9-15(17)13-6-4-3-5-7-13/h3-7,14-15,18H,8-12,17H2,1-2H3. The molecule has 0 bridgehead atoms. The van der Waals surface area contributed by atoms with Crippen molar-refractivity contribution in [1.82, 2.24) is 5.32 Å². The Labute approximate surface area is 111 Å². The van der Waals surface area contributed by atoms with E-state index in [1.807, 2.05) is 6.07 Å². The lowest BCUT2D eigenvalue weighted by molar-refractivity contribution is 0.363. The summed E-state index contributed by atoms with van der Waals surface area (Å²) >= 11 is 0. The Morgan fingerprint density at radius 1 is 1.33 bits per heavy atom. The SMILES string of the molecule is CC1(C)CCC(NCCC(N)c2ccccc2)C1. The molecule has 1 saturated carbocycles. The van der Waals surface area contributed by atoms with Gasteiger partial charge in [0.1, 0.15) is 0 Å². The number of rotatable bonds is 5. The van der Waals surface area contributed by atoms with Gasteiger partial charge in [-0.3, -0.25) is 0 Å². The molecule has 0 aliphatic heterocycles. The summed E-state index contributed by atoms with van der Waals surface area (Å²) in [7, 11) is 0. The molecule has 100 valence electrons. The first-order valence-corrected chi connectivity index (χ1v) is 7.11. The summed E-state index contributed by atoms with van der Waals surface area (Å²) in [6.45, 7) is 5.76. The Balaban J connectivity index is 1.70. The quantitative estimate of drug-likeness (QED) is 0.837. The minimum absolute atomic E-state index is 0.160. The van der Waals surface area contributed by atoms with Gasteiger partial charge in [-0.25, -0.2) is 0 Å². The van der Waals surface area contributed by atoms with Crippen molar-refractivity contribution in [3.63, 3.8) is 0 Å². The summed E-state index contributed by atoms with van der Waals surface area (Å²) in [5.41, 5.74) is 7.96. The molecule has 2 atom stereocenters. The Bertz CT molecular complexity index is 359. The smallest absolute Gasteiger partial charge is 0.0306 e. The molecule has 2 rings (SSSR count). The van der Waals surface area contributed by atoms with Crippen molar-refractivity contribution >= 4 is 0 Å². The van der Waals surface area contributed by atoms with Crippen molar-refractivity contribution in [2.75, 3.05) is 6.54 Å². The van der Waals surface area contributed by atoms with E-state index in [0.717, 1.165) is 13.0 Å². The third kappa shape index (κ3) is 3.82. The molecule has 0 saturated heterocycles. The maximum Gasteiger partial charge on any atom is 0.0306 e. The van der Waals surface area contributed by atoms with Gasteiger partial charge >= 0.3 is 0 Å². The van der Waals surface area contributed by atoms with Gasteiger partial charge in [0, 0.05) is 12.1 Å². The first-order chi connectivity index (χ1) is 8.57. The van der Waals surface area contributed by atoms with Crippen LogP contribution in [0.4, 0.5) is 0 Å². The fourth-order valence-electron chi connectivity index (χ4n) is 2.92. The molecule has 1 aromatic carbocycles. The summed E-state index contributed by atoms with van der Waals surface area (Å²) in [5, 5.41) is 3.66. The maximum atomic E-state index is 6.19. The normalized spacial score (nSPS) is 24.1. The minimum atomic E-state index is 0.160. The molecule has 1 aliphatic rings. The fourth-order valence-corrected chi connectivity index (χ4v) is 2.92. The molecule has 1 aliphatic carbocycles. The Morgan fingerprint density at radius 3 is 2.67 bits per heavy atom. The van der Waals surface area contributed by atoms with Crippen LogP contribution in [-0.2, 0) is 0 Å². The van der Waals surface area contributed by atoms with Crippen LogP contribution >= 0.6 is 0 Å². The van der Waals surface area contributed by atoms with Crippen molar-refractivity contribution < 1.29 is 0 Å². The van der Waals surface area contributed by atoms with E-state index in [-0.39, 0.29) is 6.04 Å². The number of hydrogen-bond donors (Lipinski definition) is 2. The summed E-state index contributed by atoms with van der Waals surface area (Å²) in [6.07, 6.45) is 4.97. The van der Waals surface area contributed by atoms with Crippen LogP contribution in [0.3, 0.4) is 0 Å². The first-order valence-electron chi connectivity index (χ1n) is 7.11. The highest BCUT2D eigenvalue weighted by molar-refractivity contribution is 5.18. The molecule has 2 heteroatoms.